The molecule has 0 bridgehead atoms. The van der Waals surface area contributed by atoms with Crippen LogP contribution >= 0.6 is 0 Å². The van der Waals surface area contributed by atoms with Crippen molar-refractivity contribution >= 4 is 10.9 Å². The summed E-state index contributed by atoms with van der Waals surface area (Å²) in [5, 5.41) is 7.89. The number of hydrogen-bond acceptors (Lipinski definition) is 3. The first kappa shape index (κ1) is 14.2. The van der Waals surface area contributed by atoms with Gasteiger partial charge in [-0.25, -0.2) is 4.68 Å². The van der Waals surface area contributed by atoms with Crippen LogP contribution in [-0.4, -0.2) is 15.0 Å². The Hall–Kier alpha value is -2.70. The fourth-order valence-corrected chi connectivity index (χ4v) is 2.22. The van der Waals surface area contributed by atoms with Crippen LogP contribution in [0, 0.1) is 0 Å². The molecular formula is C15H10F3N3O. The number of fused-ring (bicyclic) bond motifs is 1. The van der Waals surface area contributed by atoms with Crippen molar-refractivity contribution in [2.45, 2.75) is 12.7 Å². The predicted molar refractivity (Wildman–Crippen MR) is 74.3 cm³/mol. The quantitative estimate of drug-likeness (QED) is 0.731. The van der Waals surface area contributed by atoms with Crippen molar-refractivity contribution in [1.82, 2.24) is 15.0 Å². The zero-order chi connectivity index (χ0) is 15.7. The molecule has 3 rings (SSSR count). The van der Waals surface area contributed by atoms with Crippen LogP contribution in [0.3, 0.4) is 0 Å². The minimum Gasteiger partial charge on any atom is -0.267 e. The molecule has 22 heavy (non-hydrogen) atoms. The molecule has 0 radical (unpaired) electrons. The van der Waals surface area contributed by atoms with Crippen LogP contribution in [0.4, 0.5) is 13.2 Å². The molecule has 112 valence electrons. The smallest absolute Gasteiger partial charge is 0.267 e. The number of aromatic nitrogens is 3. The van der Waals surface area contributed by atoms with Crippen LogP contribution < -0.4 is 5.56 Å². The monoisotopic (exact) mass is 305 g/mol. The molecule has 0 N–H and O–H groups in total. The molecule has 0 unspecified atom stereocenters. The van der Waals surface area contributed by atoms with Gasteiger partial charge in [-0.2, -0.15) is 13.2 Å². The van der Waals surface area contributed by atoms with E-state index in [0.717, 1.165) is 10.7 Å². The van der Waals surface area contributed by atoms with Crippen LogP contribution in [0.25, 0.3) is 10.9 Å². The second-order valence-corrected chi connectivity index (χ2v) is 4.72. The molecule has 0 saturated heterocycles. The van der Waals surface area contributed by atoms with Crippen molar-refractivity contribution in [3.8, 4) is 0 Å². The van der Waals surface area contributed by atoms with E-state index in [1.807, 2.05) is 0 Å². The molecule has 7 heteroatoms. The molecule has 2 aromatic carbocycles. The average Bonchev–Trinajstić information content (AvgIpc) is 2.50. The van der Waals surface area contributed by atoms with Crippen LogP contribution in [-0.2, 0) is 12.7 Å². The molecular weight excluding hydrogens is 295 g/mol. The van der Waals surface area contributed by atoms with Crippen molar-refractivity contribution in [2.75, 3.05) is 0 Å². The van der Waals surface area contributed by atoms with Gasteiger partial charge < -0.3 is 0 Å². The highest BCUT2D eigenvalue weighted by Gasteiger charge is 2.33. The van der Waals surface area contributed by atoms with Gasteiger partial charge in [0.05, 0.1) is 17.5 Å². The van der Waals surface area contributed by atoms with Gasteiger partial charge in [-0.15, -0.1) is 5.10 Å². The highest BCUT2D eigenvalue weighted by Crippen LogP contribution is 2.31. The van der Waals surface area contributed by atoms with E-state index in [0.29, 0.717) is 10.9 Å². The van der Waals surface area contributed by atoms with Crippen molar-refractivity contribution in [1.29, 1.82) is 0 Å². The SMILES string of the molecule is O=c1c2ccccc2nnn1Cc1ccccc1C(F)(F)F. The topological polar surface area (TPSA) is 47.8 Å². The number of nitrogens with zero attached hydrogens (tertiary/aromatic N) is 3. The summed E-state index contributed by atoms with van der Waals surface area (Å²) in [5.74, 6) is 0. The zero-order valence-corrected chi connectivity index (χ0v) is 11.2. The van der Waals surface area contributed by atoms with Gasteiger partial charge >= 0.3 is 6.18 Å². The lowest BCUT2D eigenvalue weighted by molar-refractivity contribution is -0.138. The van der Waals surface area contributed by atoms with E-state index in [9.17, 15) is 18.0 Å². The Balaban J connectivity index is 2.09. The lowest BCUT2D eigenvalue weighted by atomic mass is 10.1. The van der Waals surface area contributed by atoms with Gasteiger partial charge in [-0.3, -0.25) is 4.79 Å². The van der Waals surface area contributed by atoms with Gasteiger partial charge in [0.15, 0.2) is 0 Å². The molecule has 1 aromatic heterocycles. The molecule has 0 aliphatic heterocycles. The lowest BCUT2D eigenvalue weighted by Gasteiger charge is -2.13. The molecule has 0 aliphatic rings. The Morgan fingerprint density at radius 1 is 1.00 bits per heavy atom. The Kier molecular flexibility index (Phi) is 3.40. The molecule has 0 atom stereocenters. The van der Waals surface area contributed by atoms with Gasteiger partial charge in [-0.1, -0.05) is 35.5 Å². The summed E-state index contributed by atoms with van der Waals surface area (Å²) < 4.78 is 39.9. The summed E-state index contributed by atoms with van der Waals surface area (Å²) in [7, 11) is 0. The van der Waals surface area contributed by atoms with Gasteiger partial charge in [0.2, 0.25) is 0 Å². The second kappa shape index (κ2) is 5.25. The van der Waals surface area contributed by atoms with E-state index in [1.165, 1.54) is 18.2 Å². The Bertz CT molecular complexity index is 887. The molecule has 3 aromatic rings. The third kappa shape index (κ3) is 2.57. The third-order valence-electron chi connectivity index (χ3n) is 3.27. The van der Waals surface area contributed by atoms with Crippen molar-refractivity contribution < 1.29 is 13.2 Å². The maximum absolute atomic E-state index is 13.0. The first-order chi connectivity index (χ1) is 10.5. The van der Waals surface area contributed by atoms with Gasteiger partial charge in [-0.05, 0) is 23.8 Å². The molecule has 0 saturated carbocycles. The number of benzene rings is 2. The van der Waals surface area contributed by atoms with Crippen LogP contribution in [0.5, 0.6) is 0 Å². The average molecular weight is 305 g/mol. The molecule has 0 amide bonds. The van der Waals surface area contributed by atoms with E-state index < -0.39 is 17.3 Å². The minimum atomic E-state index is -4.48. The number of halogens is 3. The van der Waals surface area contributed by atoms with E-state index in [4.69, 9.17) is 0 Å². The van der Waals surface area contributed by atoms with Crippen LogP contribution in [0.2, 0.25) is 0 Å². The molecule has 0 spiro atoms. The van der Waals surface area contributed by atoms with E-state index >= 15 is 0 Å². The Morgan fingerprint density at radius 2 is 1.68 bits per heavy atom. The first-order valence-electron chi connectivity index (χ1n) is 6.44. The summed E-state index contributed by atoms with van der Waals surface area (Å²) >= 11 is 0. The summed E-state index contributed by atoms with van der Waals surface area (Å²) in [6, 6.07) is 11.7. The van der Waals surface area contributed by atoms with E-state index in [1.54, 1.807) is 24.3 Å². The number of alkyl halides is 3. The first-order valence-corrected chi connectivity index (χ1v) is 6.44. The maximum atomic E-state index is 13.0. The maximum Gasteiger partial charge on any atom is 0.416 e. The number of hydrogen-bond donors (Lipinski definition) is 0. The van der Waals surface area contributed by atoms with E-state index in [2.05, 4.69) is 10.3 Å². The summed E-state index contributed by atoms with van der Waals surface area (Å²) in [5.41, 5.74) is -0.867. The molecule has 0 fully saturated rings. The summed E-state index contributed by atoms with van der Waals surface area (Å²) in [6.45, 7) is -0.285. The summed E-state index contributed by atoms with van der Waals surface area (Å²) in [4.78, 5) is 12.3. The minimum absolute atomic E-state index is 0.0262. The fraction of sp³-hybridized carbons (Fsp3) is 0.133. The third-order valence-corrected chi connectivity index (χ3v) is 3.27. The summed E-state index contributed by atoms with van der Waals surface area (Å²) in [6.07, 6.45) is -4.48. The molecule has 0 aliphatic carbocycles. The number of rotatable bonds is 2. The lowest BCUT2D eigenvalue weighted by Crippen LogP contribution is -2.26. The van der Waals surface area contributed by atoms with Crippen molar-refractivity contribution in [2.24, 2.45) is 0 Å². The van der Waals surface area contributed by atoms with Gasteiger partial charge in [0.25, 0.3) is 5.56 Å². The molecule has 4 nitrogen and oxygen atoms in total. The molecule has 1 heterocycles. The van der Waals surface area contributed by atoms with Crippen molar-refractivity contribution in [3.63, 3.8) is 0 Å². The second-order valence-electron chi connectivity index (χ2n) is 4.72. The standard InChI is InChI=1S/C15H10F3N3O/c16-15(17,18)12-7-3-1-5-10(12)9-21-14(22)11-6-2-4-8-13(11)19-20-21/h1-8H,9H2. The Morgan fingerprint density at radius 3 is 2.45 bits per heavy atom. The zero-order valence-electron chi connectivity index (χ0n) is 11.2. The van der Waals surface area contributed by atoms with Crippen LogP contribution in [0.15, 0.2) is 53.3 Å². The highest BCUT2D eigenvalue weighted by molar-refractivity contribution is 5.76. The normalized spacial score (nSPS) is 11.8. The van der Waals surface area contributed by atoms with Gasteiger partial charge in [0, 0.05) is 0 Å². The fourth-order valence-electron chi connectivity index (χ4n) is 2.22. The Labute approximate surface area is 122 Å². The predicted octanol–water partition coefficient (Wildman–Crippen LogP) is 2.86. The van der Waals surface area contributed by atoms with Crippen molar-refractivity contribution in [3.05, 3.63) is 70.0 Å². The highest BCUT2D eigenvalue weighted by atomic mass is 19.4. The largest absolute Gasteiger partial charge is 0.416 e. The van der Waals surface area contributed by atoms with Gasteiger partial charge in [0.1, 0.15) is 5.52 Å². The van der Waals surface area contributed by atoms with Crippen LogP contribution in [0.1, 0.15) is 11.1 Å². The van der Waals surface area contributed by atoms with E-state index in [-0.39, 0.29) is 12.1 Å².